The third-order valence-electron chi connectivity index (χ3n) is 4.98. The summed E-state index contributed by atoms with van der Waals surface area (Å²) in [5.74, 6) is 1.43. The van der Waals surface area contributed by atoms with Crippen molar-refractivity contribution < 1.29 is 14.3 Å². The molecule has 1 aliphatic rings. The zero-order valence-corrected chi connectivity index (χ0v) is 19.1. The van der Waals surface area contributed by atoms with Crippen LogP contribution in [0.2, 0.25) is 15.1 Å². The molecule has 1 N–H and O–H groups in total. The molecule has 3 rings (SSSR count). The van der Waals surface area contributed by atoms with Crippen molar-refractivity contribution in [3.8, 4) is 11.5 Å². The molecule has 0 atom stereocenters. The minimum atomic E-state index is 0.263. The normalized spacial score (nSPS) is 13.7. The van der Waals surface area contributed by atoms with Gasteiger partial charge in [0.2, 0.25) is 5.91 Å². The van der Waals surface area contributed by atoms with Crippen molar-refractivity contribution in [3.63, 3.8) is 0 Å². The largest absolute Gasteiger partial charge is 0.493 e. The number of carbonyl (C=O) groups excluding carboxylic acids is 1. The number of benzene rings is 2. The van der Waals surface area contributed by atoms with Gasteiger partial charge in [-0.15, -0.1) is 0 Å². The van der Waals surface area contributed by atoms with Gasteiger partial charge in [0.05, 0.1) is 17.2 Å². The lowest BCUT2D eigenvalue weighted by molar-refractivity contribution is -0.127. The number of hydrogen-bond acceptors (Lipinski definition) is 4. The molecule has 162 valence electrons. The fraction of sp³-hybridized carbons (Fsp3) is 0.409. The van der Waals surface area contributed by atoms with E-state index in [-0.39, 0.29) is 5.91 Å². The number of halogens is 3. The Morgan fingerprint density at radius 2 is 1.90 bits per heavy atom. The van der Waals surface area contributed by atoms with Gasteiger partial charge in [0.15, 0.2) is 11.5 Å². The molecule has 0 spiro atoms. The molecule has 0 unspecified atom stereocenters. The molecular formula is C22H25Cl3N2O3. The van der Waals surface area contributed by atoms with Crippen LogP contribution in [-0.4, -0.2) is 37.6 Å². The second kappa shape index (κ2) is 11.1. The highest BCUT2D eigenvalue weighted by Gasteiger charge is 2.19. The lowest BCUT2D eigenvalue weighted by Crippen LogP contribution is -2.28. The molecule has 0 aromatic heterocycles. The number of carbonyl (C=O) groups is 1. The third-order valence-corrected chi connectivity index (χ3v) is 6.07. The van der Waals surface area contributed by atoms with Gasteiger partial charge in [-0.2, -0.15) is 0 Å². The summed E-state index contributed by atoms with van der Waals surface area (Å²) >= 11 is 18.5. The molecule has 8 heteroatoms. The number of ether oxygens (including phenoxy) is 2. The SMILES string of the molecule is COc1cc(CNCCCN2CCCC2=O)c(Cl)cc1OCc1ccc(Cl)c(Cl)c1. The topological polar surface area (TPSA) is 50.8 Å². The Morgan fingerprint density at radius 1 is 1.07 bits per heavy atom. The minimum absolute atomic E-state index is 0.263. The first-order chi connectivity index (χ1) is 14.5. The highest BCUT2D eigenvalue weighted by atomic mass is 35.5. The number of rotatable bonds is 10. The van der Waals surface area contributed by atoms with E-state index in [4.69, 9.17) is 44.3 Å². The first-order valence-corrected chi connectivity index (χ1v) is 11.0. The van der Waals surface area contributed by atoms with E-state index in [1.807, 2.05) is 17.0 Å². The molecule has 5 nitrogen and oxygen atoms in total. The van der Waals surface area contributed by atoms with Crippen molar-refractivity contribution in [2.24, 2.45) is 0 Å². The van der Waals surface area contributed by atoms with Crippen molar-refractivity contribution >= 4 is 40.7 Å². The maximum Gasteiger partial charge on any atom is 0.222 e. The first kappa shape index (κ1) is 23.0. The molecular weight excluding hydrogens is 447 g/mol. The van der Waals surface area contributed by atoms with E-state index in [9.17, 15) is 4.79 Å². The van der Waals surface area contributed by atoms with Crippen molar-refractivity contribution in [2.75, 3.05) is 26.7 Å². The average Bonchev–Trinajstić information content (AvgIpc) is 3.14. The van der Waals surface area contributed by atoms with Gasteiger partial charge < -0.3 is 19.7 Å². The van der Waals surface area contributed by atoms with Crippen molar-refractivity contribution in [3.05, 3.63) is 56.5 Å². The fourth-order valence-electron chi connectivity index (χ4n) is 3.33. The summed E-state index contributed by atoms with van der Waals surface area (Å²) in [5, 5.41) is 4.96. The summed E-state index contributed by atoms with van der Waals surface area (Å²) in [7, 11) is 1.60. The summed E-state index contributed by atoms with van der Waals surface area (Å²) in [6, 6.07) is 9.00. The number of likely N-dealkylation sites (tertiary alicyclic amines) is 1. The molecule has 30 heavy (non-hydrogen) atoms. The van der Waals surface area contributed by atoms with Gasteiger partial charge in [-0.25, -0.2) is 0 Å². The smallest absolute Gasteiger partial charge is 0.222 e. The maximum atomic E-state index is 11.6. The molecule has 0 aliphatic carbocycles. The molecule has 1 heterocycles. The van der Waals surface area contributed by atoms with Crippen LogP contribution in [0.25, 0.3) is 0 Å². The van der Waals surface area contributed by atoms with Gasteiger partial charge in [-0.3, -0.25) is 4.79 Å². The van der Waals surface area contributed by atoms with Gasteiger partial charge >= 0.3 is 0 Å². The molecule has 0 saturated carbocycles. The summed E-state index contributed by atoms with van der Waals surface area (Å²) in [5.41, 5.74) is 1.82. The van der Waals surface area contributed by atoms with Crippen molar-refractivity contribution in [1.29, 1.82) is 0 Å². The van der Waals surface area contributed by atoms with Gasteiger partial charge in [0.1, 0.15) is 6.61 Å². The van der Waals surface area contributed by atoms with Gasteiger partial charge in [0.25, 0.3) is 0 Å². The first-order valence-electron chi connectivity index (χ1n) is 9.89. The molecule has 1 saturated heterocycles. The molecule has 1 amide bonds. The Balaban J connectivity index is 1.52. The average molecular weight is 472 g/mol. The van der Waals surface area contributed by atoms with E-state index in [1.165, 1.54) is 0 Å². The predicted octanol–water partition coefficient (Wildman–Crippen LogP) is 5.34. The summed E-state index contributed by atoms with van der Waals surface area (Å²) < 4.78 is 11.4. The van der Waals surface area contributed by atoms with E-state index in [0.29, 0.717) is 46.1 Å². The van der Waals surface area contributed by atoms with E-state index in [0.717, 1.165) is 43.6 Å². The Labute approximate surface area is 192 Å². The highest BCUT2D eigenvalue weighted by molar-refractivity contribution is 6.42. The number of methoxy groups -OCH3 is 1. The second-order valence-corrected chi connectivity index (χ2v) is 8.37. The molecule has 2 aromatic rings. The van der Waals surface area contributed by atoms with Crippen LogP contribution in [0.5, 0.6) is 11.5 Å². The van der Waals surface area contributed by atoms with Crippen LogP contribution < -0.4 is 14.8 Å². The monoisotopic (exact) mass is 470 g/mol. The predicted molar refractivity (Wildman–Crippen MR) is 121 cm³/mol. The molecule has 1 fully saturated rings. The molecule has 2 aromatic carbocycles. The van der Waals surface area contributed by atoms with Crippen LogP contribution in [0.15, 0.2) is 30.3 Å². The fourth-order valence-corrected chi connectivity index (χ4v) is 3.88. The van der Waals surface area contributed by atoms with E-state index >= 15 is 0 Å². The highest BCUT2D eigenvalue weighted by Crippen LogP contribution is 2.34. The van der Waals surface area contributed by atoms with Gasteiger partial charge in [0, 0.05) is 37.1 Å². The molecule has 1 aliphatic heterocycles. The Hall–Kier alpha value is -1.66. The quantitative estimate of drug-likeness (QED) is 0.475. The van der Waals surface area contributed by atoms with Gasteiger partial charge in [-0.1, -0.05) is 40.9 Å². The number of nitrogens with one attached hydrogen (secondary N) is 1. The van der Waals surface area contributed by atoms with Crippen molar-refractivity contribution in [1.82, 2.24) is 10.2 Å². The molecule has 0 radical (unpaired) electrons. The Morgan fingerprint density at radius 3 is 2.60 bits per heavy atom. The van der Waals surface area contributed by atoms with E-state index in [1.54, 1.807) is 25.3 Å². The summed E-state index contributed by atoms with van der Waals surface area (Å²) in [6.07, 6.45) is 2.56. The summed E-state index contributed by atoms with van der Waals surface area (Å²) in [4.78, 5) is 13.6. The minimum Gasteiger partial charge on any atom is -0.493 e. The number of nitrogens with zero attached hydrogens (tertiary/aromatic N) is 1. The Kier molecular flexibility index (Phi) is 8.51. The van der Waals surface area contributed by atoms with Crippen LogP contribution >= 0.6 is 34.8 Å². The van der Waals surface area contributed by atoms with Crippen LogP contribution in [0.3, 0.4) is 0 Å². The van der Waals surface area contributed by atoms with Gasteiger partial charge in [-0.05, 0) is 48.7 Å². The van der Waals surface area contributed by atoms with Crippen LogP contribution in [0.1, 0.15) is 30.4 Å². The third kappa shape index (κ3) is 6.17. The Bertz CT molecular complexity index is 892. The standard InChI is InChI=1S/C22H25Cl3N2O3/c1-29-20-11-16(13-26-7-3-9-27-8-2-4-22(27)28)18(24)12-21(20)30-14-15-5-6-17(23)19(25)10-15/h5-6,10-12,26H,2-4,7-9,13-14H2,1H3. The van der Waals surface area contributed by atoms with Crippen LogP contribution in [0.4, 0.5) is 0 Å². The van der Waals surface area contributed by atoms with Crippen LogP contribution in [0, 0.1) is 0 Å². The van der Waals surface area contributed by atoms with E-state index in [2.05, 4.69) is 5.32 Å². The summed E-state index contributed by atoms with van der Waals surface area (Å²) in [6.45, 7) is 3.40. The lowest BCUT2D eigenvalue weighted by atomic mass is 10.2. The second-order valence-electron chi connectivity index (χ2n) is 7.15. The number of hydrogen-bond donors (Lipinski definition) is 1. The number of amides is 1. The molecule has 0 bridgehead atoms. The maximum absolute atomic E-state index is 11.6. The zero-order chi connectivity index (χ0) is 21.5. The lowest BCUT2D eigenvalue weighted by Gasteiger charge is -2.16. The zero-order valence-electron chi connectivity index (χ0n) is 16.8. The van der Waals surface area contributed by atoms with Crippen LogP contribution in [-0.2, 0) is 17.9 Å². The van der Waals surface area contributed by atoms with Crippen molar-refractivity contribution in [2.45, 2.75) is 32.4 Å². The van der Waals surface area contributed by atoms with E-state index < -0.39 is 0 Å².